The van der Waals surface area contributed by atoms with Gasteiger partial charge in [0.1, 0.15) is 23.7 Å². The van der Waals surface area contributed by atoms with Crippen LogP contribution in [-0.4, -0.2) is 56.3 Å². The molecular weight excluding hydrogens is 403 g/mol. The van der Waals surface area contributed by atoms with E-state index >= 15 is 4.39 Å². The molecule has 1 aliphatic rings. The molecule has 1 aliphatic heterocycles. The Morgan fingerprint density at radius 3 is 2.10 bits per heavy atom. The van der Waals surface area contributed by atoms with Crippen molar-refractivity contribution in [3.8, 4) is 0 Å². The number of thioether (sulfide) groups is 1. The van der Waals surface area contributed by atoms with E-state index in [0.717, 1.165) is 43.4 Å². The maximum atomic E-state index is 15.7. The van der Waals surface area contributed by atoms with Crippen molar-refractivity contribution >= 4 is 11.8 Å². The van der Waals surface area contributed by atoms with Crippen LogP contribution in [0, 0.1) is 0 Å². The number of alkyl halides is 1. The SMILES string of the molecule is CCCCOCC1O[C@@H](Sc2ccccc2)[C@@H](OCCCC)C(F)[C@H]1OCCCC. The van der Waals surface area contributed by atoms with Crippen molar-refractivity contribution in [3.05, 3.63) is 30.3 Å². The first kappa shape index (κ1) is 25.6. The third-order valence-corrected chi connectivity index (χ3v) is 6.26. The molecule has 1 saturated heterocycles. The molecule has 0 bridgehead atoms. The minimum absolute atomic E-state index is 0.338. The van der Waals surface area contributed by atoms with E-state index in [0.29, 0.717) is 26.4 Å². The molecule has 1 aromatic rings. The lowest BCUT2D eigenvalue weighted by atomic mass is 10.0. The van der Waals surface area contributed by atoms with Crippen molar-refractivity contribution in [2.24, 2.45) is 0 Å². The summed E-state index contributed by atoms with van der Waals surface area (Å²) in [6.45, 7) is 8.36. The molecule has 5 atom stereocenters. The van der Waals surface area contributed by atoms with Crippen LogP contribution in [0.25, 0.3) is 0 Å². The summed E-state index contributed by atoms with van der Waals surface area (Å²) in [5.41, 5.74) is -0.440. The molecule has 30 heavy (non-hydrogen) atoms. The zero-order valence-electron chi connectivity index (χ0n) is 18.8. The second kappa shape index (κ2) is 15.2. The fourth-order valence-corrected chi connectivity index (χ4v) is 4.42. The van der Waals surface area contributed by atoms with Crippen molar-refractivity contribution in [1.82, 2.24) is 0 Å². The second-order valence-electron chi connectivity index (χ2n) is 7.72. The van der Waals surface area contributed by atoms with Crippen molar-refractivity contribution in [3.63, 3.8) is 0 Å². The average molecular weight is 443 g/mol. The van der Waals surface area contributed by atoms with Crippen LogP contribution in [0.2, 0.25) is 0 Å². The molecule has 6 heteroatoms. The van der Waals surface area contributed by atoms with Gasteiger partial charge in [0.05, 0.1) is 6.61 Å². The molecule has 2 unspecified atom stereocenters. The van der Waals surface area contributed by atoms with Crippen LogP contribution in [0.15, 0.2) is 35.2 Å². The van der Waals surface area contributed by atoms with Gasteiger partial charge in [0.2, 0.25) is 0 Å². The maximum Gasteiger partial charge on any atom is 0.158 e. The molecule has 0 saturated carbocycles. The minimum Gasteiger partial charge on any atom is -0.379 e. The fourth-order valence-electron chi connectivity index (χ4n) is 3.27. The van der Waals surface area contributed by atoms with Crippen LogP contribution in [-0.2, 0) is 18.9 Å². The molecule has 2 rings (SSSR count). The van der Waals surface area contributed by atoms with E-state index in [1.54, 1.807) is 0 Å². The summed E-state index contributed by atoms with van der Waals surface area (Å²) in [5.74, 6) is 0. The largest absolute Gasteiger partial charge is 0.379 e. The van der Waals surface area contributed by atoms with E-state index in [1.165, 1.54) is 11.8 Å². The van der Waals surface area contributed by atoms with Crippen molar-refractivity contribution in [2.75, 3.05) is 26.4 Å². The van der Waals surface area contributed by atoms with Gasteiger partial charge in [-0.15, -0.1) is 0 Å². The number of unbranched alkanes of at least 4 members (excludes halogenated alkanes) is 3. The molecule has 0 aromatic heterocycles. The fraction of sp³-hybridized carbons (Fsp3) is 0.750. The lowest BCUT2D eigenvalue weighted by molar-refractivity contribution is -0.218. The van der Waals surface area contributed by atoms with E-state index in [4.69, 9.17) is 18.9 Å². The van der Waals surface area contributed by atoms with Gasteiger partial charge in [-0.1, -0.05) is 70.0 Å². The van der Waals surface area contributed by atoms with Gasteiger partial charge in [0.15, 0.2) is 6.17 Å². The molecule has 172 valence electrons. The summed E-state index contributed by atoms with van der Waals surface area (Å²) >= 11 is 1.51. The standard InChI is InChI=1S/C24H39FO4S/c1-4-7-15-26-18-20-22(27-16-8-5-2)21(25)23(28-17-9-6-3)24(29-20)30-19-13-11-10-12-14-19/h10-14,20-24H,4-9,15-18H2,1-3H3/t20?,21?,22-,23-,24-/m0/s1. The van der Waals surface area contributed by atoms with Crippen LogP contribution in [0.5, 0.6) is 0 Å². The average Bonchev–Trinajstić information content (AvgIpc) is 2.76. The smallest absolute Gasteiger partial charge is 0.158 e. The Balaban J connectivity index is 2.12. The Hall–Kier alpha value is -0.660. The zero-order chi connectivity index (χ0) is 21.6. The van der Waals surface area contributed by atoms with Crippen LogP contribution >= 0.6 is 11.8 Å². The number of hydrogen-bond donors (Lipinski definition) is 0. The zero-order valence-corrected chi connectivity index (χ0v) is 19.6. The molecule has 1 heterocycles. The van der Waals surface area contributed by atoms with Gasteiger partial charge in [-0.2, -0.15) is 0 Å². The lowest BCUT2D eigenvalue weighted by Gasteiger charge is -2.43. The molecule has 0 aliphatic carbocycles. The molecule has 1 aromatic carbocycles. The van der Waals surface area contributed by atoms with Gasteiger partial charge < -0.3 is 18.9 Å². The first-order valence-electron chi connectivity index (χ1n) is 11.5. The monoisotopic (exact) mass is 442 g/mol. The van der Waals surface area contributed by atoms with Crippen molar-refractivity contribution in [1.29, 1.82) is 0 Å². The molecule has 0 radical (unpaired) electrons. The molecule has 4 nitrogen and oxygen atoms in total. The van der Waals surface area contributed by atoms with Crippen LogP contribution in [0.1, 0.15) is 59.3 Å². The van der Waals surface area contributed by atoms with Crippen molar-refractivity contribution in [2.45, 2.75) is 94.1 Å². The van der Waals surface area contributed by atoms with E-state index in [9.17, 15) is 0 Å². The van der Waals surface area contributed by atoms with Gasteiger partial charge in [0, 0.05) is 24.7 Å². The van der Waals surface area contributed by atoms with Crippen LogP contribution in [0.3, 0.4) is 0 Å². The minimum atomic E-state index is -1.26. The number of benzene rings is 1. The van der Waals surface area contributed by atoms with Crippen LogP contribution < -0.4 is 0 Å². The van der Waals surface area contributed by atoms with Gasteiger partial charge in [-0.3, -0.25) is 0 Å². The summed E-state index contributed by atoms with van der Waals surface area (Å²) in [6.07, 6.45) is 2.82. The Labute approximate surface area is 186 Å². The highest BCUT2D eigenvalue weighted by Crippen LogP contribution is 2.37. The number of rotatable bonds is 15. The Morgan fingerprint density at radius 1 is 0.867 bits per heavy atom. The molecule has 0 amide bonds. The number of halogens is 1. The molecule has 0 N–H and O–H groups in total. The van der Waals surface area contributed by atoms with E-state index < -0.39 is 29.9 Å². The van der Waals surface area contributed by atoms with Crippen LogP contribution in [0.4, 0.5) is 4.39 Å². The quantitative estimate of drug-likeness (QED) is 0.310. The predicted molar refractivity (Wildman–Crippen MR) is 121 cm³/mol. The van der Waals surface area contributed by atoms with Gasteiger partial charge >= 0.3 is 0 Å². The summed E-state index contributed by atoms with van der Waals surface area (Å²) in [6, 6.07) is 9.96. The second-order valence-corrected chi connectivity index (χ2v) is 8.90. The summed E-state index contributed by atoms with van der Waals surface area (Å²) in [4.78, 5) is 1.04. The third kappa shape index (κ3) is 8.46. The lowest BCUT2D eigenvalue weighted by Crippen LogP contribution is -2.58. The number of hydrogen-bond acceptors (Lipinski definition) is 5. The molecular formula is C24H39FO4S. The highest BCUT2D eigenvalue weighted by atomic mass is 32.2. The van der Waals surface area contributed by atoms with Gasteiger partial charge in [0.25, 0.3) is 0 Å². The van der Waals surface area contributed by atoms with E-state index in [1.807, 2.05) is 30.3 Å². The normalized spacial score (nSPS) is 26.7. The number of ether oxygens (including phenoxy) is 4. The Kier molecular flexibility index (Phi) is 13.0. The van der Waals surface area contributed by atoms with E-state index in [-0.39, 0.29) is 0 Å². The van der Waals surface area contributed by atoms with Gasteiger partial charge in [-0.25, -0.2) is 4.39 Å². The highest BCUT2D eigenvalue weighted by molar-refractivity contribution is 7.99. The maximum absolute atomic E-state index is 15.7. The van der Waals surface area contributed by atoms with Gasteiger partial charge in [-0.05, 0) is 31.4 Å². The Morgan fingerprint density at radius 2 is 1.47 bits per heavy atom. The molecule has 1 fully saturated rings. The topological polar surface area (TPSA) is 36.9 Å². The molecule has 0 spiro atoms. The highest BCUT2D eigenvalue weighted by Gasteiger charge is 2.48. The first-order valence-corrected chi connectivity index (χ1v) is 12.4. The van der Waals surface area contributed by atoms with Crippen molar-refractivity contribution < 1.29 is 23.3 Å². The first-order chi connectivity index (χ1) is 14.7. The summed E-state index contributed by atoms with van der Waals surface area (Å²) < 4.78 is 39.9. The predicted octanol–water partition coefficient (Wildman–Crippen LogP) is 6.03. The Bertz CT molecular complexity index is 545. The summed E-state index contributed by atoms with van der Waals surface area (Å²) in [5, 5.41) is 0. The third-order valence-electron chi connectivity index (χ3n) is 5.11. The van der Waals surface area contributed by atoms with E-state index in [2.05, 4.69) is 20.8 Å². The summed E-state index contributed by atoms with van der Waals surface area (Å²) in [7, 11) is 0.